The number of phenols is 1. The van der Waals surface area contributed by atoms with E-state index in [-0.39, 0.29) is 29.9 Å². The fourth-order valence-corrected chi connectivity index (χ4v) is 3.45. The van der Waals surface area contributed by atoms with Gasteiger partial charge in [-0.2, -0.15) is 0 Å². The molecule has 0 aliphatic heterocycles. The third-order valence-electron chi connectivity index (χ3n) is 4.56. The number of carboxylic acid groups (broad SMARTS) is 1. The number of benzene rings is 1. The number of sulfone groups is 1. The van der Waals surface area contributed by atoms with Crippen molar-refractivity contribution in [1.29, 1.82) is 0 Å². The maximum atomic E-state index is 11.6. The second kappa shape index (κ2) is 11.2. The molecule has 0 spiro atoms. The van der Waals surface area contributed by atoms with E-state index >= 15 is 0 Å². The van der Waals surface area contributed by atoms with Gasteiger partial charge in [0.2, 0.25) is 5.95 Å². The Morgan fingerprint density at radius 3 is 2.33 bits per heavy atom. The van der Waals surface area contributed by atoms with Crippen LogP contribution in [0.4, 0.5) is 5.95 Å². The van der Waals surface area contributed by atoms with Crippen molar-refractivity contribution in [3.05, 3.63) is 41.6 Å². The van der Waals surface area contributed by atoms with Gasteiger partial charge in [-0.1, -0.05) is 26.0 Å². The minimum atomic E-state index is -3.33. The highest BCUT2D eigenvalue weighted by atomic mass is 32.2. The first-order chi connectivity index (χ1) is 15.4. The molecule has 0 aliphatic rings. The van der Waals surface area contributed by atoms with Crippen LogP contribution in [0.5, 0.6) is 5.75 Å². The Bertz CT molecular complexity index is 1100. The van der Waals surface area contributed by atoms with Gasteiger partial charge in [0.25, 0.3) is 0 Å². The predicted molar refractivity (Wildman–Crippen MR) is 124 cm³/mol. The summed E-state index contributed by atoms with van der Waals surface area (Å²) in [5.41, 5.74) is 2.21. The van der Waals surface area contributed by atoms with Gasteiger partial charge in [-0.3, -0.25) is 4.79 Å². The van der Waals surface area contributed by atoms with E-state index in [1.807, 2.05) is 13.8 Å². The number of nitrogens with one attached hydrogen (secondary N) is 1. The molecule has 10 nitrogen and oxygen atoms in total. The predicted octanol–water partition coefficient (Wildman–Crippen LogP) is 1.99. The first kappa shape index (κ1) is 26.2. The van der Waals surface area contributed by atoms with E-state index in [1.165, 1.54) is 18.2 Å². The highest BCUT2D eigenvalue weighted by Crippen LogP contribution is 2.31. The van der Waals surface area contributed by atoms with Gasteiger partial charge in [0.15, 0.2) is 9.84 Å². The zero-order valence-electron chi connectivity index (χ0n) is 18.6. The molecule has 0 saturated heterocycles. The molecule has 0 radical (unpaired) electrons. The lowest BCUT2D eigenvalue weighted by molar-refractivity contribution is -0.139. The third kappa shape index (κ3) is 8.44. The first-order valence-corrected chi connectivity index (χ1v) is 12.3. The molecule has 0 saturated carbocycles. The summed E-state index contributed by atoms with van der Waals surface area (Å²) in [7, 11) is -3.33. The smallest absolute Gasteiger partial charge is 0.305 e. The second-order valence-electron chi connectivity index (χ2n) is 8.06. The van der Waals surface area contributed by atoms with Crippen LogP contribution in [0.2, 0.25) is 0 Å². The number of aromatic hydroxyl groups is 1. The highest BCUT2D eigenvalue weighted by molar-refractivity contribution is 7.90. The lowest BCUT2D eigenvalue weighted by Gasteiger charge is -2.17. The summed E-state index contributed by atoms with van der Waals surface area (Å²) in [6, 6.07) is 6.26. The summed E-state index contributed by atoms with van der Waals surface area (Å²) < 4.78 is 23.1. The lowest BCUT2D eigenvalue weighted by atomic mass is 9.97. The van der Waals surface area contributed by atoms with Gasteiger partial charge in [0.1, 0.15) is 11.6 Å². The molecule has 0 unspecified atom stereocenters. The van der Waals surface area contributed by atoms with E-state index < -0.39 is 34.4 Å². The molecule has 0 amide bonds. The molecular weight excluding hydrogens is 450 g/mol. The molecule has 2 rings (SSSR count). The number of phenolic OH excluding ortho intramolecular Hbond substituents is 1. The Labute approximate surface area is 192 Å². The Morgan fingerprint density at radius 2 is 1.79 bits per heavy atom. The van der Waals surface area contributed by atoms with Crippen LogP contribution >= 0.6 is 0 Å². The topological polar surface area (TPSA) is 170 Å². The zero-order valence-corrected chi connectivity index (χ0v) is 19.5. The third-order valence-corrected chi connectivity index (χ3v) is 5.23. The number of hydrogen-bond acceptors (Lipinski definition) is 9. The van der Waals surface area contributed by atoms with Gasteiger partial charge in [-0.05, 0) is 30.2 Å². The van der Waals surface area contributed by atoms with Crippen molar-refractivity contribution in [3.63, 3.8) is 0 Å². The van der Waals surface area contributed by atoms with Crippen molar-refractivity contribution in [3.8, 4) is 17.0 Å². The van der Waals surface area contributed by atoms with Gasteiger partial charge in [-0.15, -0.1) is 0 Å². The Hall–Kier alpha value is -3.02. The van der Waals surface area contributed by atoms with Crippen LogP contribution in [0.3, 0.4) is 0 Å². The Balaban J connectivity index is 2.51. The average Bonchev–Trinajstić information content (AvgIpc) is 2.69. The van der Waals surface area contributed by atoms with E-state index in [9.17, 15) is 28.5 Å². The molecule has 2 atom stereocenters. The molecule has 0 fully saturated rings. The van der Waals surface area contributed by atoms with Crippen molar-refractivity contribution in [2.75, 3.05) is 17.4 Å². The molecule has 33 heavy (non-hydrogen) atoms. The van der Waals surface area contributed by atoms with E-state index in [0.29, 0.717) is 22.5 Å². The summed E-state index contributed by atoms with van der Waals surface area (Å²) in [6.07, 6.45) is 1.13. The number of carboxylic acids is 1. The van der Waals surface area contributed by atoms with E-state index in [0.717, 1.165) is 6.26 Å². The minimum absolute atomic E-state index is 0.0623. The molecule has 180 valence electrons. The molecule has 0 bridgehead atoms. The summed E-state index contributed by atoms with van der Waals surface area (Å²) in [5.74, 6) is -1.44. The first-order valence-electron chi connectivity index (χ1n) is 10.2. The molecular formula is C22H29N3O7S. The number of rotatable bonds is 11. The SMILES string of the molecule is CC(C)c1nc(NCS(C)(=O)=O)nc(-c2ccc(O)cc2)c1/C=C/[C@@H](O)C[C@@H](O)CC(=O)O. The number of hydrogen-bond donors (Lipinski definition) is 5. The Kier molecular flexibility index (Phi) is 8.91. The van der Waals surface area contributed by atoms with E-state index in [4.69, 9.17) is 5.11 Å². The monoisotopic (exact) mass is 479 g/mol. The molecule has 5 N–H and O–H groups in total. The summed E-state index contributed by atoms with van der Waals surface area (Å²) in [6.45, 7) is 3.79. The van der Waals surface area contributed by atoms with Crippen LogP contribution in [-0.2, 0) is 14.6 Å². The molecule has 1 aromatic heterocycles. The number of nitrogens with zero attached hydrogens (tertiary/aromatic N) is 2. The van der Waals surface area contributed by atoms with Crippen LogP contribution in [0.15, 0.2) is 30.3 Å². The van der Waals surface area contributed by atoms with Crippen LogP contribution in [0.1, 0.15) is 43.9 Å². The van der Waals surface area contributed by atoms with Crippen molar-refractivity contribution in [1.82, 2.24) is 9.97 Å². The van der Waals surface area contributed by atoms with Gasteiger partial charge < -0.3 is 25.7 Å². The highest BCUT2D eigenvalue weighted by Gasteiger charge is 2.19. The minimum Gasteiger partial charge on any atom is -0.508 e. The number of aliphatic hydroxyl groups excluding tert-OH is 2. The van der Waals surface area contributed by atoms with E-state index in [1.54, 1.807) is 18.2 Å². The summed E-state index contributed by atoms with van der Waals surface area (Å²) in [4.78, 5) is 19.7. The van der Waals surface area contributed by atoms with Crippen molar-refractivity contribution in [2.24, 2.45) is 0 Å². The zero-order chi connectivity index (χ0) is 24.8. The largest absolute Gasteiger partial charge is 0.508 e. The standard InChI is InChI=1S/C22H29N3O7S/c1-13(2)20-18(9-8-16(27)10-17(28)11-19(29)30)21(14-4-6-15(26)7-5-14)25-22(24-20)23-12-33(3,31)32/h4-9,13,16-17,26-28H,10-12H2,1-3H3,(H,29,30)(H,23,24,25)/b9-8+/t16-,17-/m1/s1. The van der Waals surface area contributed by atoms with Gasteiger partial charge in [0, 0.05) is 23.8 Å². The van der Waals surface area contributed by atoms with Crippen molar-refractivity contribution in [2.45, 2.75) is 44.8 Å². The molecule has 2 aromatic rings. The van der Waals surface area contributed by atoms with Crippen molar-refractivity contribution >= 4 is 27.8 Å². The molecule has 11 heteroatoms. The van der Waals surface area contributed by atoms with Gasteiger partial charge in [-0.25, -0.2) is 18.4 Å². The van der Waals surface area contributed by atoms with E-state index in [2.05, 4.69) is 15.3 Å². The number of aromatic nitrogens is 2. The lowest BCUT2D eigenvalue weighted by Crippen LogP contribution is -2.19. The number of aliphatic carboxylic acids is 1. The fraction of sp³-hybridized carbons (Fsp3) is 0.409. The van der Waals surface area contributed by atoms with Crippen molar-refractivity contribution < 1.29 is 33.6 Å². The van der Waals surface area contributed by atoms with Crippen LogP contribution in [0, 0.1) is 0 Å². The summed E-state index contributed by atoms with van der Waals surface area (Å²) >= 11 is 0. The maximum absolute atomic E-state index is 11.6. The summed E-state index contributed by atoms with van der Waals surface area (Å²) in [5, 5.41) is 41.2. The fourth-order valence-electron chi connectivity index (χ4n) is 3.05. The van der Waals surface area contributed by atoms with Gasteiger partial charge in [0.05, 0.1) is 30.0 Å². The van der Waals surface area contributed by atoms with Crippen LogP contribution in [0.25, 0.3) is 17.3 Å². The number of anilines is 1. The molecule has 1 heterocycles. The quantitative estimate of drug-likeness (QED) is 0.321. The number of aliphatic hydroxyl groups is 2. The van der Waals surface area contributed by atoms with Crippen LogP contribution < -0.4 is 5.32 Å². The van der Waals surface area contributed by atoms with Gasteiger partial charge >= 0.3 is 5.97 Å². The normalized spacial score (nSPS) is 13.9. The van der Waals surface area contributed by atoms with Crippen LogP contribution in [-0.4, -0.2) is 69.1 Å². The maximum Gasteiger partial charge on any atom is 0.305 e. The average molecular weight is 480 g/mol. The number of carbonyl (C=O) groups is 1. The second-order valence-corrected chi connectivity index (χ2v) is 10.2. The molecule has 1 aromatic carbocycles. The Morgan fingerprint density at radius 1 is 1.15 bits per heavy atom. The molecule has 0 aliphatic carbocycles.